The zero-order valence-corrected chi connectivity index (χ0v) is 10.9. The SMILES string of the molecule is CCCn1cc(CNC(C)(C)CC(N)=O)cn1. The van der Waals surface area contributed by atoms with E-state index in [1.165, 1.54) is 0 Å². The number of hydrogen-bond donors (Lipinski definition) is 2. The summed E-state index contributed by atoms with van der Waals surface area (Å²) in [6.45, 7) is 7.69. The molecule has 5 nitrogen and oxygen atoms in total. The number of amides is 1. The second-order valence-corrected chi connectivity index (χ2v) is 4.99. The van der Waals surface area contributed by atoms with Crippen molar-refractivity contribution in [3.05, 3.63) is 18.0 Å². The fourth-order valence-corrected chi connectivity index (χ4v) is 1.69. The number of aryl methyl sites for hydroxylation is 1. The molecule has 0 fully saturated rings. The van der Waals surface area contributed by atoms with Crippen molar-refractivity contribution in [3.8, 4) is 0 Å². The van der Waals surface area contributed by atoms with Crippen molar-refractivity contribution >= 4 is 5.91 Å². The van der Waals surface area contributed by atoms with Gasteiger partial charge in [0, 0.05) is 36.8 Å². The van der Waals surface area contributed by atoms with Crippen LogP contribution < -0.4 is 11.1 Å². The lowest BCUT2D eigenvalue weighted by Crippen LogP contribution is -2.42. The Bertz CT molecular complexity index is 370. The summed E-state index contributed by atoms with van der Waals surface area (Å²) in [5, 5.41) is 7.56. The van der Waals surface area contributed by atoms with Crippen LogP contribution in [0.1, 0.15) is 39.2 Å². The molecule has 96 valence electrons. The minimum absolute atomic E-state index is 0.279. The Morgan fingerprint density at radius 1 is 1.59 bits per heavy atom. The fourth-order valence-electron chi connectivity index (χ4n) is 1.69. The van der Waals surface area contributed by atoms with Gasteiger partial charge in [-0.15, -0.1) is 0 Å². The Kier molecular flexibility index (Phi) is 4.69. The molecule has 1 heterocycles. The van der Waals surface area contributed by atoms with E-state index in [9.17, 15) is 4.79 Å². The second kappa shape index (κ2) is 5.82. The average Bonchev–Trinajstić information content (AvgIpc) is 2.62. The third kappa shape index (κ3) is 4.99. The summed E-state index contributed by atoms with van der Waals surface area (Å²) in [4.78, 5) is 10.9. The quantitative estimate of drug-likeness (QED) is 0.745. The second-order valence-electron chi connectivity index (χ2n) is 4.99. The van der Waals surface area contributed by atoms with Gasteiger partial charge < -0.3 is 11.1 Å². The van der Waals surface area contributed by atoms with E-state index in [2.05, 4.69) is 17.3 Å². The highest BCUT2D eigenvalue weighted by molar-refractivity contribution is 5.74. The van der Waals surface area contributed by atoms with Crippen LogP contribution in [0.15, 0.2) is 12.4 Å². The fraction of sp³-hybridized carbons (Fsp3) is 0.667. The Hall–Kier alpha value is -1.36. The lowest BCUT2D eigenvalue weighted by atomic mass is 10.0. The molecule has 0 aliphatic rings. The number of aromatic nitrogens is 2. The van der Waals surface area contributed by atoms with Gasteiger partial charge in [-0.05, 0) is 20.3 Å². The first-order valence-corrected chi connectivity index (χ1v) is 5.97. The van der Waals surface area contributed by atoms with Gasteiger partial charge in [0.25, 0.3) is 0 Å². The Labute approximate surface area is 102 Å². The van der Waals surface area contributed by atoms with Crippen molar-refractivity contribution in [2.45, 2.75) is 52.2 Å². The van der Waals surface area contributed by atoms with Crippen molar-refractivity contribution in [2.75, 3.05) is 0 Å². The molecule has 1 aromatic rings. The summed E-state index contributed by atoms with van der Waals surface area (Å²) in [7, 11) is 0. The van der Waals surface area contributed by atoms with Gasteiger partial charge in [0.05, 0.1) is 6.20 Å². The van der Waals surface area contributed by atoms with Crippen LogP contribution in [0, 0.1) is 0 Å². The minimum atomic E-state index is -0.288. The smallest absolute Gasteiger partial charge is 0.219 e. The molecule has 0 atom stereocenters. The molecule has 0 aromatic carbocycles. The van der Waals surface area contributed by atoms with Crippen LogP contribution in [0.5, 0.6) is 0 Å². The third-order valence-corrected chi connectivity index (χ3v) is 2.53. The van der Waals surface area contributed by atoms with Crippen LogP contribution >= 0.6 is 0 Å². The Balaban J connectivity index is 2.46. The van der Waals surface area contributed by atoms with Crippen molar-refractivity contribution < 1.29 is 4.79 Å². The molecule has 0 saturated carbocycles. The molecule has 0 unspecified atom stereocenters. The molecule has 1 rings (SSSR count). The summed E-state index contributed by atoms with van der Waals surface area (Å²) >= 11 is 0. The molecule has 3 N–H and O–H groups in total. The molecule has 0 saturated heterocycles. The first-order valence-electron chi connectivity index (χ1n) is 5.97. The standard InChI is InChI=1S/C12H22N4O/c1-4-5-16-9-10(8-15-16)7-14-12(2,3)6-11(13)17/h8-9,14H,4-7H2,1-3H3,(H2,13,17). The molecule has 0 spiro atoms. The zero-order valence-electron chi connectivity index (χ0n) is 10.9. The van der Waals surface area contributed by atoms with E-state index in [0.29, 0.717) is 13.0 Å². The first kappa shape index (κ1) is 13.7. The van der Waals surface area contributed by atoms with E-state index in [4.69, 9.17) is 5.73 Å². The summed E-state index contributed by atoms with van der Waals surface area (Å²) in [6, 6.07) is 0. The molecular formula is C12H22N4O. The van der Waals surface area contributed by atoms with Gasteiger partial charge >= 0.3 is 0 Å². The lowest BCUT2D eigenvalue weighted by Gasteiger charge is -2.24. The molecule has 1 amide bonds. The molecule has 1 aromatic heterocycles. The highest BCUT2D eigenvalue weighted by atomic mass is 16.1. The monoisotopic (exact) mass is 238 g/mol. The summed E-state index contributed by atoms with van der Waals surface area (Å²) in [6.07, 6.45) is 5.28. The number of nitrogens with two attached hydrogens (primary N) is 1. The van der Waals surface area contributed by atoms with E-state index in [0.717, 1.165) is 18.5 Å². The molecule has 17 heavy (non-hydrogen) atoms. The number of hydrogen-bond acceptors (Lipinski definition) is 3. The summed E-state index contributed by atoms with van der Waals surface area (Å²) in [5.41, 5.74) is 6.04. The van der Waals surface area contributed by atoms with E-state index in [-0.39, 0.29) is 11.4 Å². The van der Waals surface area contributed by atoms with Crippen molar-refractivity contribution in [1.82, 2.24) is 15.1 Å². The Morgan fingerprint density at radius 3 is 2.88 bits per heavy atom. The maximum Gasteiger partial charge on any atom is 0.219 e. The maximum atomic E-state index is 10.9. The summed E-state index contributed by atoms with van der Waals surface area (Å²) < 4.78 is 1.93. The van der Waals surface area contributed by atoms with Gasteiger partial charge in [-0.1, -0.05) is 6.92 Å². The maximum absolute atomic E-state index is 10.9. The highest BCUT2D eigenvalue weighted by Crippen LogP contribution is 2.09. The van der Waals surface area contributed by atoms with Crippen molar-refractivity contribution in [2.24, 2.45) is 5.73 Å². The van der Waals surface area contributed by atoms with Gasteiger partial charge in [0.2, 0.25) is 5.91 Å². The number of nitrogens with one attached hydrogen (secondary N) is 1. The third-order valence-electron chi connectivity index (χ3n) is 2.53. The van der Waals surface area contributed by atoms with Crippen LogP contribution in [0.25, 0.3) is 0 Å². The van der Waals surface area contributed by atoms with Gasteiger partial charge in [-0.2, -0.15) is 5.10 Å². The molecular weight excluding hydrogens is 216 g/mol. The van der Waals surface area contributed by atoms with Crippen LogP contribution in [-0.4, -0.2) is 21.2 Å². The van der Waals surface area contributed by atoms with Gasteiger partial charge in [0.1, 0.15) is 0 Å². The number of primary amides is 1. The number of nitrogens with zero attached hydrogens (tertiary/aromatic N) is 2. The highest BCUT2D eigenvalue weighted by Gasteiger charge is 2.19. The van der Waals surface area contributed by atoms with Gasteiger partial charge in [-0.25, -0.2) is 0 Å². The molecule has 5 heteroatoms. The summed E-state index contributed by atoms with van der Waals surface area (Å²) in [5.74, 6) is -0.288. The lowest BCUT2D eigenvalue weighted by molar-refractivity contribution is -0.119. The minimum Gasteiger partial charge on any atom is -0.370 e. The molecule has 0 aliphatic carbocycles. The number of carbonyl (C=O) groups excluding carboxylic acids is 1. The molecule has 0 bridgehead atoms. The van der Waals surface area contributed by atoms with Crippen LogP contribution in [0.4, 0.5) is 0 Å². The number of carbonyl (C=O) groups is 1. The first-order chi connectivity index (χ1) is 7.93. The average molecular weight is 238 g/mol. The predicted molar refractivity (Wildman–Crippen MR) is 67.2 cm³/mol. The van der Waals surface area contributed by atoms with Gasteiger partial charge in [0.15, 0.2) is 0 Å². The van der Waals surface area contributed by atoms with Crippen LogP contribution in [0.3, 0.4) is 0 Å². The largest absolute Gasteiger partial charge is 0.370 e. The van der Waals surface area contributed by atoms with E-state index in [1.54, 1.807) is 0 Å². The van der Waals surface area contributed by atoms with Crippen molar-refractivity contribution in [1.29, 1.82) is 0 Å². The normalized spacial score (nSPS) is 11.7. The van der Waals surface area contributed by atoms with Crippen molar-refractivity contribution in [3.63, 3.8) is 0 Å². The van der Waals surface area contributed by atoms with Gasteiger partial charge in [-0.3, -0.25) is 9.48 Å². The van der Waals surface area contributed by atoms with Crippen LogP contribution in [-0.2, 0) is 17.9 Å². The van der Waals surface area contributed by atoms with E-state index < -0.39 is 0 Å². The topological polar surface area (TPSA) is 72.9 Å². The molecule has 0 radical (unpaired) electrons. The van der Waals surface area contributed by atoms with E-state index >= 15 is 0 Å². The number of rotatable bonds is 7. The Morgan fingerprint density at radius 2 is 2.29 bits per heavy atom. The predicted octanol–water partition coefficient (Wildman–Crippen LogP) is 1.04. The molecule has 0 aliphatic heterocycles. The van der Waals surface area contributed by atoms with E-state index in [1.807, 2.05) is 30.9 Å². The zero-order chi connectivity index (χ0) is 12.9. The van der Waals surface area contributed by atoms with Crippen LogP contribution in [0.2, 0.25) is 0 Å².